The van der Waals surface area contributed by atoms with E-state index in [0.29, 0.717) is 0 Å². The minimum Gasteiger partial charge on any atom is -0.233 e. The molecule has 2 rings (SSSR count). The van der Waals surface area contributed by atoms with Crippen molar-refractivity contribution < 1.29 is 4.58 Å². The molecule has 1 heterocycles. The molecule has 0 spiro atoms. The minimum atomic E-state index is 1.13. The number of rotatable bonds is 1. The van der Waals surface area contributed by atoms with Gasteiger partial charge in [0.15, 0.2) is 5.71 Å². The molecule has 0 N–H and O–H groups in total. The zero-order valence-corrected chi connectivity index (χ0v) is 8.38. The highest BCUT2D eigenvalue weighted by Gasteiger charge is 2.19. The standard InChI is InChI=1S/C12H16N/c1-3-13-9-8-11-6-4-5-7-12(11)10(13)2/h4-7H,3,8-9H2,1-2H3/q+1. The molecule has 0 atom stereocenters. The van der Waals surface area contributed by atoms with Crippen molar-refractivity contribution in [1.29, 1.82) is 0 Å². The first kappa shape index (κ1) is 8.49. The van der Waals surface area contributed by atoms with E-state index in [4.69, 9.17) is 0 Å². The molecule has 68 valence electrons. The van der Waals surface area contributed by atoms with Crippen molar-refractivity contribution in [3.63, 3.8) is 0 Å². The second-order valence-electron chi connectivity index (χ2n) is 3.57. The van der Waals surface area contributed by atoms with E-state index in [1.165, 1.54) is 29.8 Å². The van der Waals surface area contributed by atoms with Crippen molar-refractivity contribution in [2.24, 2.45) is 0 Å². The summed E-state index contributed by atoms with van der Waals surface area (Å²) in [5.74, 6) is 0. The maximum atomic E-state index is 2.45. The Morgan fingerprint density at radius 3 is 2.85 bits per heavy atom. The Labute approximate surface area is 79.7 Å². The van der Waals surface area contributed by atoms with Crippen LogP contribution < -0.4 is 0 Å². The van der Waals surface area contributed by atoms with Crippen LogP contribution in [0.4, 0.5) is 0 Å². The third-order valence-electron chi connectivity index (χ3n) is 2.91. The molecule has 0 amide bonds. The van der Waals surface area contributed by atoms with E-state index in [0.717, 1.165) is 6.54 Å². The molecule has 1 nitrogen and oxygen atoms in total. The molecule has 0 aliphatic carbocycles. The fourth-order valence-corrected chi connectivity index (χ4v) is 2.08. The van der Waals surface area contributed by atoms with Crippen LogP contribution in [0.5, 0.6) is 0 Å². The summed E-state index contributed by atoms with van der Waals surface area (Å²) < 4.78 is 2.45. The van der Waals surface area contributed by atoms with Gasteiger partial charge in [-0.3, -0.25) is 0 Å². The van der Waals surface area contributed by atoms with Gasteiger partial charge in [0, 0.05) is 18.9 Å². The van der Waals surface area contributed by atoms with Crippen LogP contribution in [0.25, 0.3) is 0 Å². The molecule has 0 saturated heterocycles. The maximum absolute atomic E-state index is 2.45. The summed E-state index contributed by atoms with van der Waals surface area (Å²) >= 11 is 0. The Morgan fingerprint density at radius 1 is 1.31 bits per heavy atom. The zero-order chi connectivity index (χ0) is 9.26. The quantitative estimate of drug-likeness (QED) is 0.573. The smallest absolute Gasteiger partial charge is 0.180 e. The fourth-order valence-electron chi connectivity index (χ4n) is 2.08. The van der Waals surface area contributed by atoms with E-state index in [9.17, 15) is 0 Å². The molecule has 0 saturated carbocycles. The first-order valence-electron chi connectivity index (χ1n) is 4.99. The van der Waals surface area contributed by atoms with Crippen LogP contribution in [0.3, 0.4) is 0 Å². The van der Waals surface area contributed by atoms with Crippen molar-refractivity contribution in [2.75, 3.05) is 13.1 Å². The summed E-state index contributed by atoms with van der Waals surface area (Å²) in [7, 11) is 0. The summed E-state index contributed by atoms with van der Waals surface area (Å²) in [5.41, 5.74) is 4.38. The maximum Gasteiger partial charge on any atom is 0.180 e. The van der Waals surface area contributed by atoms with Gasteiger partial charge in [-0.25, -0.2) is 4.58 Å². The van der Waals surface area contributed by atoms with Crippen molar-refractivity contribution in [3.8, 4) is 0 Å². The van der Waals surface area contributed by atoms with Gasteiger partial charge in [0.2, 0.25) is 0 Å². The summed E-state index contributed by atoms with van der Waals surface area (Å²) in [4.78, 5) is 0. The first-order valence-corrected chi connectivity index (χ1v) is 4.99. The van der Waals surface area contributed by atoms with Crippen molar-refractivity contribution in [3.05, 3.63) is 35.4 Å². The Balaban J connectivity index is 2.52. The lowest BCUT2D eigenvalue weighted by Gasteiger charge is -2.15. The van der Waals surface area contributed by atoms with Crippen LogP contribution in [0.1, 0.15) is 25.0 Å². The van der Waals surface area contributed by atoms with Crippen LogP contribution in [0, 0.1) is 0 Å². The van der Waals surface area contributed by atoms with Gasteiger partial charge in [0.1, 0.15) is 13.1 Å². The van der Waals surface area contributed by atoms with Gasteiger partial charge < -0.3 is 0 Å². The average Bonchev–Trinajstić information content (AvgIpc) is 2.19. The zero-order valence-electron chi connectivity index (χ0n) is 8.38. The normalized spacial score (nSPS) is 15.8. The molecule has 0 radical (unpaired) electrons. The molecular weight excluding hydrogens is 158 g/mol. The topological polar surface area (TPSA) is 3.01 Å². The van der Waals surface area contributed by atoms with Crippen molar-refractivity contribution in [1.82, 2.24) is 0 Å². The first-order chi connectivity index (χ1) is 6.33. The SMILES string of the molecule is CC[N+]1=C(C)c2ccccc2CC1. The van der Waals surface area contributed by atoms with Gasteiger partial charge >= 0.3 is 0 Å². The fraction of sp³-hybridized carbons (Fsp3) is 0.417. The molecule has 13 heavy (non-hydrogen) atoms. The van der Waals surface area contributed by atoms with Gasteiger partial charge in [-0.1, -0.05) is 18.2 Å². The summed E-state index contributed by atoms with van der Waals surface area (Å²) in [6.07, 6.45) is 1.20. The Morgan fingerprint density at radius 2 is 2.08 bits per heavy atom. The molecule has 1 aliphatic heterocycles. The van der Waals surface area contributed by atoms with Crippen molar-refractivity contribution in [2.45, 2.75) is 20.3 Å². The highest BCUT2D eigenvalue weighted by molar-refractivity contribution is 5.96. The van der Waals surface area contributed by atoms with Crippen LogP contribution in [0.15, 0.2) is 24.3 Å². The second-order valence-corrected chi connectivity index (χ2v) is 3.57. The van der Waals surface area contributed by atoms with Crippen LogP contribution in [0.2, 0.25) is 0 Å². The largest absolute Gasteiger partial charge is 0.233 e. The van der Waals surface area contributed by atoms with Crippen LogP contribution in [-0.4, -0.2) is 23.4 Å². The lowest BCUT2D eigenvalue weighted by atomic mass is 9.98. The van der Waals surface area contributed by atoms with E-state index in [1.807, 2.05) is 0 Å². The Hall–Kier alpha value is -1.11. The molecule has 1 heteroatoms. The monoisotopic (exact) mass is 174 g/mol. The van der Waals surface area contributed by atoms with Crippen LogP contribution in [-0.2, 0) is 6.42 Å². The predicted molar refractivity (Wildman–Crippen MR) is 55.6 cm³/mol. The molecule has 1 aromatic carbocycles. The molecular formula is C12H16N+. The molecule has 0 fully saturated rings. The van der Waals surface area contributed by atoms with E-state index < -0.39 is 0 Å². The minimum absolute atomic E-state index is 1.13. The van der Waals surface area contributed by atoms with Gasteiger partial charge in [-0.15, -0.1) is 0 Å². The average molecular weight is 174 g/mol. The molecule has 1 aromatic rings. The van der Waals surface area contributed by atoms with Crippen molar-refractivity contribution >= 4 is 5.71 Å². The highest BCUT2D eigenvalue weighted by atomic mass is 15.0. The molecule has 0 bridgehead atoms. The number of likely N-dealkylation sites (N-methyl/N-ethyl adjacent to an activating group) is 1. The van der Waals surface area contributed by atoms with E-state index in [2.05, 4.69) is 42.7 Å². The summed E-state index contributed by atoms with van der Waals surface area (Å²) in [6, 6.07) is 8.73. The number of hydrogen-bond acceptors (Lipinski definition) is 0. The third kappa shape index (κ3) is 1.39. The predicted octanol–water partition coefficient (Wildman–Crippen LogP) is 2.08. The van der Waals surface area contributed by atoms with Crippen LogP contribution >= 0.6 is 0 Å². The van der Waals surface area contributed by atoms with Gasteiger partial charge in [-0.05, 0) is 18.6 Å². The molecule has 1 aliphatic rings. The highest BCUT2D eigenvalue weighted by Crippen LogP contribution is 2.14. The summed E-state index contributed by atoms with van der Waals surface area (Å²) in [5, 5.41) is 0. The van der Waals surface area contributed by atoms with E-state index in [1.54, 1.807) is 0 Å². The van der Waals surface area contributed by atoms with Gasteiger partial charge in [-0.2, -0.15) is 0 Å². The lowest BCUT2D eigenvalue weighted by molar-refractivity contribution is -0.525. The Bertz CT molecular complexity index is 350. The van der Waals surface area contributed by atoms with E-state index >= 15 is 0 Å². The van der Waals surface area contributed by atoms with Gasteiger partial charge in [0.25, 0.3) is 0 Å². The second kappa shape index (κ2) is 3.33. The lowest BCUT2D eigenvalue weighted by Crippen LogP contribution is -2.27. The number of fused-ring (bicyclic) bond motifs is 1. The Kier molecular flexibility index (Phi) is 2.17. The number of benzene rings is 1. The number of nitrogens with zero attached hydrogens (tertiary/aromatic N) is 1. The summed E-state index contributed by atoms with van der Waals surface area (Å²) in [6.45, 7) is 6.75. The molecule has 0 aromatic heterocycles. The number of hydrogen-bond donors (Lipinski definition) is 0. The third-order valence-corrected chi connectivity index (χ3v) is 2.91. The van der Waals surface area contributed by atoms with Gasteiger partial charge in [0.05, 0.1) is 0 Å². The molecule has 0 unspecified atom stereocenters. The van der Waals surface area contributed by atoms with E-state index in [-0.39, 0.29) is 0 Å².